The van der Waals surface area contributed by atoms with E-state index in [1.54, 1.807) is 11.3 Å². The predicted octanol–water partition coefficient (Wildman–Crippen LogP) is 3.80. The zero-order valence-corrected chi connectivity index (χ0v) is 14.5. The number of hydrogen-bond acceptors (Lipinski definition) is 5. The van der Waals surface area contributed by atoms with E-state index in [1.165, 1.54) is 36.0 Å². The van der Waals surface area contributed by atoms with Gasteiger partial charge in [-0.25, -0.2) is 4.39 Å². The number of nitrogens with one attached hydrogen (secondary N) is 1. The molecule has 0 aliphatic carbocycles. The average Bonchev–Trinajstić information content (AvgIpc) is 3.20. The Morgan fingerprint density at radius 3 is 2.79 bits per heavy atom. The first-order valence-corrected chi connectivity index (χ1v) is 9.11. The number of thioether (sulfide) groups is 1. The van der Waals surface area contributed by atoms with Crippen LogP contribution in [-0.2, 0) is 11.8 Å². The van der Waals surface area contributed by atoms with E-state index in [0.717, 1.165) is 15.9 Å². The Morgan fingerprint density at radius 1 is 1.29 bits per heavy atom. The summed E-state index contributed by atoms with van der Waals surface area (Å²) >= 11 is 3.09. The molecule has 8 heteroatoms. The van der Waals surface area contributed by atoms with Gasteiger partial charge >= 0.3 is 0 Å². The number of amides is 1. The fourth-order valence-electron chi connectivity index (χ4n) is 2.05. The van der Waals surface area contributed by atoms with Gasteiger partial charge in [-0.1, -0.05) is 17.8 Å². The van der Waals surface area contributed by atoms with Crippen molar-refractivity contribution in [2.24, 2.45) is 7.05 Å². The molecule has 24 heavy (non-hydrogen) atoms. The molecule has 5 nitrogen and oxygen atoms in total. The van der Waals surface area contributed by atoms with Gasteiger partial charge in [0.15, 0.2) is 11.0 Å². The minimum atomic E-state index is -0.326. The van der Waals surface area contributed by atoms with Crippen molar-refractivity contribution >= 4 is 34.7 Å². The van der Waals surface area contributed by atoms with E-state index in [4.69, 9.17) is 0 Å². The van der Waals surface area contributed by atoms with Crippen molar-refractivity contribution in [2.75, 3.05) is 11.1 Å². The second kappa shape index (κ2) is 7.59. The minimum Gasteiger partial charge on any atom is -0.326 e. The summed E-state index contributed by atoms with van der Waals surface area (Å²) in [7, 11) is 1.91. The average molecular weight is 362 g/mol. The Balaban J connectivity index is 1.51. The highest BCUT2D eigenvalue weighted by atomic mass is 32.2. The van der Waals surface area contributed by atoms with Crippen LogP contribution in [0.25, 0.3) is 10.7 Å². The lowest BCUT2D eigenvalue weighted by Crippen LogP contribution is -2.12. The molecule has 0 bridgehead atoms. The van der Waals surface area contributed by atoms with Gasteiger partial charge in [-0.3, -0.25) is 4.79 Å². The van der Waals surface area contributed by atoms with E-state index in [1.807, 2.05) is 29.1 Å². The number of rotatable bonds is 6. The lowest BCUT2D eigenvalue weighted by Gasteiger charge is -2.05. The molecule has 0 aliphatic heterocycles. The van der Waals surface area contributed by atoms with E-state index in [-0.39, 0.29) is 11.7 Å². The molecule has 3 aromatic rings. The molecule has 2 heterocycles. The van der Waals surface area contributed by atoms with Gasteiger partial charge in [-0.05, 0) is 35.7 Å². The third-order valence-electron chi connectivity index (χ3n) is 3.26. The van der Waals surface area contributed by atoms with Crippen LogP contribution in [0.3, 0.4) is 0 Å². The SMILES string of the molecule is Cn1c(SCCC(=O)Nc2ccc(F)cc2)nnc1-c1cccs1. The number of halogens is 1. The Kier molecular flexibility index (Phi) is 5.27. The monoisotopic (exact) mass is 362 g/mol. The van der Waals surface area contributed by atoms with Gasteiger partial charge in [0.2, 0.25) is 5.91 Å². The zero-order valence-electron chi connectivity index (χ0n) is 12.9. The van der Waals surface area contributed by atoms with Crippen LogP contribution < -0.4 is 5.32 Å². The molecular weight excluding hydrogens is 347 g/mol. The first-order chi connectivity index (χ1) is 11.6. The van der Waals surface area contributed by atoms with E-state index in [9.17, 15) is 9.18 Å². The third-order valence-corrected chi connectivity index (χ3v) is 5.15. The van der Waals surface area contributed by atoms with Crippen molar-refractivity contribution in [1.82, 2.24) is 14.8 Å². The number of hydrogen-bond donors (Lipinski definition) is 1. The van der Waals surface area contributed by atoms with Crippen LogP contribution in [0.5, 0.6) is 0 Å². The van der Waals surface area contributed by atoms with Crippen molar-refractivity contribution in [2.45, 2.75) is 11.6 Å². The molecule has 0 saturated carbocycles. The molecule has 2 aromatic heterocycles. The topological polar surface area (TPSA) is 59.8 Å². The quantitative estimate of drug-likeness (QED) is 0.678. The highest BCUT2D eigenvalue weighted by Gasteiger charge is 2.12. The second-order valence-electron chi connectivity index (χ2n) is 5.00. The van der Waals surface area contributed by atoms with Crippen LogP contribution in [0.2, 0.25) is 0 Å². The first-order valence-electron chi connectivity index (χ1n) is 7.25. The summed E-state index contributed by atoms with van der Waals surface area (Å²) in [6, 6.07) is 9.68. The van der Waals surface area contributed by atoms with Gasteiger partial charge in [-0.15, -0.1) is 21.5 Å². The molecule has 1 amide bonds. The summed E-state index contributed by atoms with van der Waals surface area (Å²) in [6.45, 7) is 0. The van der Waals surface area contributed by atoms with Crippen LogP contribution in [-0.4, -0.2) is 26.4 Å². The number of nitrogens with zero attached hydrogens (tertiary/aromatic N) is 3. The van der Waals surface area contributed by atoms with Crippen molar-refractivity contribution in [1.29, 1.82) is 0 Å². The zero-order chi connectivity index (χ0) is 16.9. The normalized spacial score (nSPS) is 10.8. The van der Waals surface area contributed by atoms with Gasteiger partial charge in [-0.2, -0.15) is 0 Å². The molecule has 0 atom stereocenters. The van der Waals surface area contributed by atoms with Crippen molar-refractivity contribution < 1.29 is 9.18 Å². The molecule has 1 aromatic carbocycles. The van der Waals surface area contributed by atoms with Gasteiger partial charge in [0.05, 0.1) is 4.88 Å². The van der Waals surface area contributed by atoms with Crippen LogP contribution in [0, 0.1) is 5.82 Å². The summed E-state index contributed by atoms with van der Waals surface area (Å²) in [4.78, 5) is 13.0. The van der Waals surface area contributed by atoms with Gasteiger partial charge in [0.25, 0.3) is 0 Å². The summed E-state index contributed by atoms with van der Waals surface area (Å²) in [5.74, 6) is 0.967. The Hall–Kier alpha value is -2.19. The highest BCUT2D eigenvalue weighted by Crippen LogP contribution is 2.26. The maximum Gasteiger partial charge on any atom is 0.225 e. The van der Waals surface area contributed by atoms with Crippen molar-refractivity contribution in [3.63, 3.8) is 0 Å². The smallest absolute Gasteiger partial charge is 0.225 e. The molecule has 3 rings (SSSR count). The summed E-state index contributed by atoms with van der Waals surface area (Å²) in [5.41, 5.74) is 0.588. The van der Waals surface area contributed by atoms with Gasteiger partial charge in [0, 0.05) is 24.9 Å². The van der Waals surface area contributed by atoms with Gasteiger partial charge < -0.3 is 9.88 Å². The predicted molar refractivity (Wildman–Crippen MR) is 94.7 cm³/mol. The first kappa shape index (κ1) is 16.7. The standard InChI is InChI=1S/C16H15FN4OS2/c1-21-15(13-3-2-9-23-13)19-20-16(21)24-10-8-14(22)18-12-6-4-11(17)5-7-12/h2-7,9H,8,10H2,1H3,(H,18,22). The number of aromatic nitrogens is 3. The van der Waals surface area contributed by atoms with E-state index in [0.29, 0.717) is 17.9 Å². The molecular formula is C16H15FN4OS2. The molecule has 124 valence electrons. The van der Waals surface area contributed by atoms with Crippen LogP contribution >= 0.6 is 23.1 Å². The van der Waals surface area contributed by atoms with Gasteiger partial charge in [0.1, 0.15) is 5.82 Å². The lowest BCUT2D eigenvalue weighted by molar-refractivity contribution is -0.115. The molecule has 0 fully saturated rings. The van der Waals surface area contributed by atoms with Crippen LogP contribution in [0.15, 0.2) is 46.9 Å². The summed E-state index contributed by atoms with van der Waals surface area (Å²) < 4.78 is 14.8. The fourth-order valence-corrected chi connectivity index (χ4v) is 3.65. The molecule has 0 radical (unpaired) electrons. The van der Waals surface area contributed by atoms with Crippen molar-refractivity contribution in [3.05, 3.63) is 47.6 Å². The number of carbonyl (C=O) groups excluding carboxylic acids is 1. The lowest BCUT2D eigenvalue weighted by atomic mass is 10.3. The van der Waals surface area contributed by atoms with Crippen LogP contribution in [0.4, 0.5) is 10.1 Å². The molecule has 0 saturated heterocycles. The highest BCUT2D eigenvalue weighted by molar-refractivity contribution is 7.99. The molecule has 0 spiro atoms. The summed E-state index contributed by atoms with van der Waals surface area (Å²) in [6.07, 6.45) is 0.337. The van der Waals surface area contributed by atoms with E-state index >= 15 is 0 Å². The maximum atomic E-state index is 12.8. The van der Waals surface area contributed by atoms with Crippen LogP contribution in [0.1, 0.15) is 6.42 Å². The summed E-state index contributed by atoms with van der Waals surface area (Å²) in [5, 5.41) is 13.9. The van der Waals surface area contributed by atoms with E-state index < -0.39 is 0 Å². The molecule has 1 N–H and O–H groups in total. The number of carbonyl (C=O) groups is 1. The molecule has 0 unspecified atom stereocenters. The number of anilines is 1. The Morgan fingerprint density at radius 2 is 2.08 bits per heavy atom. The molecule has 0 aliphatic rings. The maximum absolute atomic E-state index is 12.8. The largest absolute Gasteiger partial charge is 0.326 e. The van der Waals surface area contributed by atoms with Crippen molar-refractivity contribution in [3.8, 4) is 10.7 Å². The Bertz CT molecular complexity index is 815. The third kappa shape index (κ3) is 4.01. The van der Waals surface area contributed by atoms with E-state index in [2.05, 4.69) is 15.5 Å². The minimum absolute atomic E-state index is 0.116. The fraction of sp³-hybridized carbons (Fsp3) is 0.188. The Labute approximate surface area is 146 Å². The second-order valence-corrected chi connectivity index (χ2v) is 7.01. The number of benzene rings is 1. The number of thiophene rings is 1.